The van der Waals surface area contributed by atoms with Gasteiger partial charge in [-0.1, -0.05) is 12.1 Å². The Morgan fingerprint density at radius 2 is 2.08 bits per heavy atom. The van der Waals surface area contributed by atoms with E-state index < -0.39 is 6.04 Å². The number of amides is 2. The van der Waals surface area contributed by atoms with Gasteiger partial charge in [-0.15, -0.1) is 11.3 Å². The largest absolute Gasteiger partial charge is 0.347 e. The number of likely N-dealkylation sites (tertiary alicyclic amines) is 1. The lowest BCUT2D eigenvalue weighted by molar-refractivity contribution is -0.132. The van der Waals surface area contributed by atoms with Crippen LogP contribution in [0.25, 0.3) is 10.6 Å². The zero-order chi connectivity index (χ0) is 17.3. The number of rotatable bonds is 3. The molecule has 3 rings (SSSR count). The predicted octanol–water partition coefficient (Wildman–Crippen LogP) is 2.64. The molecule has 24 heavy (non-hydrogen) atoms. The van der Waals surface area contributed by atoms with Crippen LogP contribution in [0.5, 0.6) is 0 Å². The Morgan fingerprint density at radius 1 is 1.33 bits per heavy atom. The van der Waals surface area contributed by atoms with E-state index in [9.17, 15) is 14.0 Å². The maximum Gasteiger partial charge on any atom is 0.274 e. The molecule has 1 aliphatic rings. The first-order valence-corrected chi connectivity index (χ1v) is 8.59. The van der Waals surface area contributed by atoms with Crippen molar-refractivity contribution in [3.05, 3.63) is 41.2 Å². The lowest BCUT2D eigenvalue weighted by Crippen LogP contribution is -2.45. The zero-order valence-corrected chi connectivity index (χ0v) is 14.3. The Morgan fingerprint density at radius 3 is 2.79 bits per heavy atom. The number of halogens is 1. The van der Waals surface area contributed by atoms with Gasteiger partial charge in [0.2, 0.25) is 5.91 Å². The first kappa shape index (κ1) is 16.6. The third-order valence-corrected chi connectivity index (χ3v) is 4.94. The highest BCUT2D eigenvalue weighted by Crippen LogP contribution is 2.28. The van der Waals surface area contributed by atoms with Crippen molar-refractivity contribution < 1.29 is 14.0 Å². The van der Waals surface area contributed by atoms with Gasteiger partial charge in [-0.25, -0.2) is 9.37 Å². The zero-order valence-electron chi connectivity index (χ0n) is 13.5. The third kappa shape index (κ3) is 3.03. The quantitative estimate of drug-likeness (QED) is 0.858. The van der Waals surface area contributed by atoms with Crippen molar-refractivity contribution in [3.8, 4) is 10.6 Å². The average molecular weight is 347 g/mol. The molecule has 1 aromatic carbocycles. The van der Waals surface area contributed by atoms with Gasteiger partial charge in [-0.05, 0) is 25.0 Å². The van der Waals surface area contributed by atoms with Crippen LogP contribution in [0.2, 0.25) is 0 Å². The molecule has 5 nitrogen and oxygen atoms in total. The molecule has 1 aromatic heterocycles. The van der Waals surface area contributed by atoms with E-state index in [0.29, 0.717) is 23.5 Å². The fourth-order valence-electron chi connectivity index (χ4n) is 2.84. The normalized spacial score (nSPS) is 17.1. The maximum atomic E-state index is 13.9. The highest BCUT2D eigenvalue weighted by atomic mass is 32.1. The molecule has 0 aliphatic carbocycles. The molecule has 1 fully saturated rings. The molecule has 0 saturated carbocycles. The molecular weight excluding hydrogens is 329 g/mol. The Labute approximate surface area is 143 Å². The summed E-state index contributed by atoms with van der Waals surface area (Å²) in [5.41, 5.74) is 0.639. The number of carbonyl (C=O) groups is 2. The molecule has 0 unspecified atom stereocenters. The van der Waals surface area contributed by atoms with Crippen molar-refractivity contribution in [3.63, 3.8) is 0 Å². The van der Waals surface area contributed by atoms with Crippen LogP contribution in [0.4, 0.5) is 4.39 Å². The van der Waals surface area contributed by atoms with E-state index in [-0.39, 0.29) is 23.3 Å². The standard InChI is InChI=1S/C17H18FN3O2S/c1-20(2)17(23)14-8-5-9-21(14)16(22)13-10-24-15(19-13)11-6-3-4-7-12(11)18/h3-4,6-7,10,14H,5,8-9H2,1-2H3/t14-/m0/s1. The molecule has 1 aliphatic heterocycles. The molecule has 0 radical (unpaired) electrons. The summed E-state index contributed by atoms with van der Waals surface area (Å²) in [7, 11) is 3.37. The number of likely N-dealkylation sites (N-methyl/N-ethyl adjacent to an activating group) is 1. The van der Waals surface area contributed by atoms with Gasteiger partial charge in [0, 0.05) is 31.6 Å². The van der Waals surface area contributed by atoms with E-state index in [2.05, 4.69) is 4.98 Å². The van der Waals surface area contributed by atoms with Crippen LogP contribution in [0.3, 0.4) is 0 Å². The summed E-state index contributed by atoms with van der Waals surface area (Å²) in [6, 6.07) is 5.90. The summed E-state index contributed by atoms with van der Waals surface area (Å²) in [5.74, 6) is -0.718. The summed E-state index contributed by atoms with van der Waals surface area (Å²) >= 11 is 1.23. The van der Waals surface area contributed by atoms with E-state index in [1.54, 1.807) is 42.6 Å². The molecule has 2 aromatic rings. The number of hydrogen-bond acceptors (Lipinski definition) is 4. The highest BCUT2D eigenvalue weighted by Gasteiger charge is 2.36. The van der Waals surface area contributed by atoms with Crippen LogP contribution in [-0.2, 0) is 4.79 Å². The van der Waals surface area contributed by atoms with Crippen LogP contribution in [0.15, 0.2) is 29.6 Å². The van der Waals surface area contributed by atoms with Gasteiger partial charge >= 0.3 is 0 Å². The fourth-order valence-corrected chi connectivity index (χ4v) is 3.66. The Hall–Kier alpha value is -2.28. The van der Waals surface area contributed by atoms with Gasteiger partial charge in [0.15, 0.2) is 0 Å². The van der Waals surface area contributed by atoms with Crippen LogP contribution in [0.1, 0.15) is 23.3 Å². The van der Waals surface area contributed by atoms with E-state index >= 15 is 0 Å². The molecule has 2 amide bonds. The minimum Gasteiger partial charge on any atom is -0.347 e. The van der Waals surface area contributed by atoms with Crippen molar-refractivity contribution in [2.24, 2.45) is 0 Å². The minimum atomic E-state index is -0.439. The topological polar surface area (TPSA) is 53.5 Å². The minimum absolute atomic E-state index is 0.0783. The van der Waals surface area contributed by atoms with Crippen molar-refractivity contribution in [2.75, 3.05) is 20.6 Å². The molecule has 1 saturated heterocycles. The molecule has 7 heteroatoms. The van der Waals surface area contributed by atoms with E-state index in [4.69, 9.17) is 0 Å². The van der Waals surface area contributed by atoms with Gasteiger partial charge in [0.25, 0.3) is 5.91 Å². The first-order chi connectivity index (χ1) is 11.5. The molecular formula is C17H18FN3O2S. The summed E-state index contributed by atoms with van der Waals surface area (Å²) < 4.78 is 13.9. The molecule has 2 heterocycles. The smallest absolute Gasteiger partial charge is 0.274 e. The highest BCUT2D eigenvalue weighted by molar-refractivity contribution is 7.13. The average Bonchev–Trinajstić information content (AvgIpc) is 3.23. The Bertz CT molecular complexity index is 775. The van der Waals surface area contributed by atoms with E-state index in [1.807, 2.05) is 0 Å². The van der Waals surface area contributed by atoms with Crippen LogP contribution in [-0.4, -0.2) is 53.3 Å². The SMILES string of the molecule is CN(C)C(=O)[C@@H]1CCCN1C(=O)c1csc(-c2ccccc2F)n1. The summed E-state index contributed by atoms with van der Waals surface area (Å²) in [5, 5.41) is 2.09. The first-order valence-electron chi connectivity index (χ1n) is 7.71. The molecule has 126 valence electrons. The number of nitrogens with zero attached hydrogens (tertiary/aromatic N) is 3. The lowest BCUT2D eigenvalue weighted by atomic mass is 10.2. The van der Waals surface area contributed by atoms with E-state index in [0.717, 1.165) is 6.42 Å². The van der Waals surface area contributed by atoms with Gasteiger partial charge in [-0.2, -0.15) is 0 Å². The van der Waals surface area contributed by atoms with Crippen LogP contribution >= 0.6 is 11.3 Å². The molecule has 0 N–H and O–H groups in total. The maximum absolute atomic E-state index is 13.9. The monoisotopic (exact) mass is 347 g/mol. The van der Waals surface area contributed by atoms with Crippen LogP contribution in [0, 0.1) is 5.82 Å². The number of carbonyl (C=O) groups excluding carboxylic acids is 2. The van der Waals surface area contributed by atoms with Crippen molar-refractivity contribution in [1.29, 1.82) is 0 Å². The molecule has 1 atom stereocenters. The third-order valence-electron chi connectivity index (χ3n) is 4.07. The Kier molecular flexibility index (Phi) is 4.62. The second-order valence-electron chi connectivity index (χ2n) is 5.91. The number of aromatic nitrogens is 1. The summed E-state index contributed by atoms with van der Waals surface area (Å²) in [6.45, 7) is 0.537. The fraction of sp³-hybridized carbons (Fsp3) is 0.353. The van der Waals surface area contributed by atoms with Gasteiger partial charge in [-0.3, -0.25) is 9.59 Å². The molecule has 0 spiro atoms. The number of hydrogen-bond donors (Lipinski definition) is 0. The Balaban J connectivity index is 1.84. The predicted molar refractivity (Wildman–Crippen MR) is 90.3 cm³/mol. The van der Waals surface area contributed by atoms with Crippen molar-refractivity contribution in [2.45, 2.75) is 18.9 Å². The van der Waals surface area contributed by atoms with Gasteiger partial charge in [0.05, 0.1) is 0 Å². The van der Waals surface area contributed by atoms with Crippen LogP contribution < -0.4 is 0 Å². The molecule has 0 bridgehead atoms. The summed E-state index contributed by atoms with van der Waals surface area (Å²) in [6.07, 6.45) is 1.45. The number of thiazole rings is 1. The summed E-state index contributed by atoms with van der Waals surface area (Å²) in [4.78, 5) is 32.3. The van der Waals surface area contributed by atoms with Crippen molar-refractivity contribution in [1.82, 2.24) is 14.8 Å². The second-order valence-corrected chi connectivity index (χ2v) is 6.77. The van der Waals surface area contributed by atoms with Gasteiger partial charge < -0.3 is 9.80 Å². The second kappa shape index (κ2) is 6.68. The number of benzene rings is 1. The van der Waals surface area contributed by atoms with Gasteiger partial charge in [0.1, 0.15) is 22.6 Å². The lowest BCUT2D eigenvalue weighted by Gasteiger charge is -2.25. The van der Waals surface area contributed by atoms with Crippen molar-refractivity contribution >= 4 is 23.2 Å². The van der Waals surface area contributed by atoms with E-state index in [1.165, 1.54) is 22.3 Å².